The maximum atomic E-state index is 15.7. The van der Waals surface area contributed by atoms with Crippen molar-refractivity contribution in [2.75, 3.05) is 7.11 Å². The molecule has 0 saturated heterocycles. The molecule has 2 aromatic carbocycles. The van der Waals surface area contributed by atoms with Gasteiger partial charge in [0.05, 0.1) is 13.2 Å². The van der Waals surface area contributed by atoms with E-state index >= 15 is 8.78 Å². The lowest BCUT2D eigenvalue weighted by Gasteiger charge is -2.70. The van der Waals surface area contributed by atoms with Crippen molar-refractivity contribution in [3.05, 3.63) is 76.5 Å². The summed E-state index contributed by atoms with van der Waals surface area (Å²) in [4.78, 5) is 17.4. The van der Waals surface area contributed by atoms with E-state index < -0.39 is 23.6 Å². The number of H-pyrrole nitrogens is 1. The van der Waals surface area contributed by atoms with Crippen molar-refractivity contribution >= 4 is 22.9 Å². The largest absolute Gasteiger partial charge is 0.466 e. The smallest absolute Gasteiger partial charge is 0.330 e. The van der Waals surface area contributed by atoms with Gasteiger partial charge in [0.25, 0.3) is 0 Å². The first kappa shape index (κ1) is 21.5. The molecule has 34 heavy (non-hydrogen) atoms. The number of aromatic nitrogens is 1. The van der Waals surface area contributed by atoms with Crippen LogP contribution in [0.5, 0.6) is 0 Å². The predicted molar refractivity (Wildman–Crippen MR) is 127 cm³/mol. The van der Waals surface area contributed by atoms with Crippen LogP contribution in [0.15, 0.2) is 42.5 Å². The molecule has 3 saturated carbocycles. The fourth-order valence-corrected chi connectivity index (χ4v) is 6.59. The van der Waals surface area contributed by atoms with Gasteiger partial charge in [0.15, 0.2) is 0 Å². The highest BCUT2D eigenvalue weighted by Crippen LogP contribution is 2.64. The molecular formula is C28H28F2N2O2. The summed E-state index contributed by atoms with van der Waals surface area (Å²) in [6.45, 7) is 2.17. The fourth-order valence-electron chi connectivity index (χ4n) is 6.59. The van der Waals surface area contributed by atoms with E-state index in [1.54, 1.807) is 0 Å². The number of rotatable bonds is 5. The quantitative estimate of drug-likeness (QED) is 0.379. The summed E-state index contributed by atoms with van der Waals surface area (Å²) in [7, 11) is 1.27. The number of carbonyl (C=O) groups excluding carboxylic acids is 1. The van der Waals surface area contributed by atoms with E-state index in [2.05, 4.69) is 27.6 Å². The molecule has 1 N–H and O–H groups in total. The van der Waals surface area contributed by atoms with Crippen molar-refractivity contribution in [3.8, 4) is 0 Å². The number of aromatic amines is 1. The zero-order valence-electron chi connectivity index (χ0n) is 19.4. The number of benzene rings is 2. The van der Waals surface area contributed by atoms with Gasteiger partial charge in [-0.1, -0.05) is 25.1 Å². The number of fused-ring (bicyclic) bond motifs is 3. The Labute approximate surface area is 197 Å². The van der Waals surface area contributed by atoms with Crippen molar-refractivity contribution in [1.82, 2.24) is 9.88 Å². The minimum absolute atomic E-state index is 0.0351. The Balaban J connectivity index is 1.53. The highest BCUT2D eigenvalue weighted by Gasteiger charge is 2.63. The van der Waals surface area contributed by atoms with Crippen LogP contribution >= 0.6 is 0 Å². The number of hydrogen-bond donors (Lipinski definition) is 1. The number of nitrogens with zero attached hydrogens (tertiary/aromatic N) is 1. The number of para-hydroxylation sites is 1. The Bertz CT molecular complexity index is 1290. The molecular weight excluding hydrogens is 434 g/mol. The number of ether oxygens (including phenoxy) is 1. The van der Waals surface area contributed by atoms with Gasteiger partial charge < -0.3 is 9.72 Å². The second-order valence-corrected chi connectivity index (χ2v) is 10.1. The standard InChI is InChI=1S/C28H28F2N2O2/c1-3-18-12-20-19-6-4-5-7-23(19)31-26(20)27(32(18)28-13-17(14-28)15-28)25-21(29)10-16(11-22(25)30)8-9-24(33)34-2/h4-11,17-18,27,31H,3,12-15H2,1-2H3/b9-8+/t17?,18-,27-,28?/m1/s1. The molecule has 0 amide bonds. The van der Waals surface area contributed by atoms with Crippen LogP contribution in [0.1, 0.15) is 61.0 Å². The predicted octanol–water partition coefficient (Wildman–Crippen LogP) is 5.91. The molecule has 1 aromatic heterocycles. The van der Waals surface area contributed by atoms with Crippen molar-refractivity contribution in [2.45, 2.75) is 56.7 Å². The fraction of sp³-hybridized carbons (Fsp3) is 0.393. The molecule has 2 atom stereocenters. The van der Waals surface area contributed by atoms with E-state index in [0.29, 0.717) is 5.56 Å². The molecule has 3 aliphatic carbocycles. The van der Waals surface area contributed by atoms with Gasteiger partial charge in [-0.15, -0.1) is 0 Å². The summed E-state index contributed by atoms with van der Waals surface area (Å²) in [5.74, 6) is -0.997. The molecule has 7 rings (SSSR count). The third-order valence-corrected chi connectivity index (χ3v) is 8.24. The topological polar surface area (TPSA) is 45.3 Å². The van der Waals surface area contributed by atoms with E-state index in [1.165, 1.54) is 37.0 Å². The first-order valence-electron chi connectivity index (χ1n) is 12.1. The zero-order valence-corrected chi connectivity index (χ0v) is 19.4. The summed E-state index contributed by atoms with van der Waals surface area (Å²) in [6.07, 6.45) is 7.68. The van der Waals surface area contributed by atoms with Crippen LogP contribution in [0.3, 0.4) is 0 Å². The highest BCUT2D eigenvalue weighted by atomic mass is 19.1. The van der Waals surface area contributed by atoms with Crippen molar-refractivity contribution in [3.63, 3.8) is 0 Å². The van der Waals surface area contributed by atoms with Crippen LogP contribution in [0.2, 0.25) is 0 Å². The average molecular weight is 463 g/mol. The summed E-state index contributed by atoms with van der Waals surface area (Å²) in [5, 5.41) is 1.14. The Hall–Kier alpha value is -2.99. The van der Waals surface area contributed by atoms with Gasteiger partial charge >= 0.3 is 5.97 Å². The molecule has 0 radical (unpaired) electrons. The number of halogens is 2. The van der Waals surface area contributed by atoms with Gasteiger partial charge in [-0.2, -0.15) is 0 Å². The zero-order chi connectivity index (χ0) is 23.6. The first-order valence-corrected chi connectivity index (χ1v) is 12.1. The molecule has 4 aliphatic rings. The Morgan fingerprint density at radius 2 is 1.91 bits per heavy atom. The van der Waals surface area contributed by atoms with E-state index in [9.17, 15) is 4.79 Å². The number of carbonyl (C=O) groups is 1. The maximum absolute atomic E-state index is 15.7. The van der Waals surface area contributed by atoms with E-state index in [1.807, 2.05) is 18.2 Å². The molecule has 2 heterocycles. The summed E-state index contributed by atoms with van der Waals surface area (Å²) in [5.41, 5.74) is 3.50. The molecule has 4 nitrogen and oxygen atoms in total. The average Bonchev–Trinajstić information content (AvgIpc) is 3.14. The first-order chi connectivity index (χ1) is 16.4. The highest BCUT2D eigenvalue weighted by molar-refractivity contribution is 5.87. The number of nitrogens with one attached hydrogen (secondary N) is 1. The third kappa shape index (κ3) is 3.08. The van der Waals surface area contributed by atoms with E-state index in [0.717, 1.165) is 54.6 Å². The Kier molecular flexibility index (Phi) is 4.92. The minimum Gasteiger partial charge on any atom is -0.466 e. The second-order valence-electron chi connectivity index (χ2n) is 10.1. The number of esters is 1. The summed E-state index contributed by atoms with van der Waals surface area (Å²) < 4.78 is 36.1. The van der Waals surface area contributed by atoms with Crippen molar-refractivity contribution in [2.24, 2.45) is 5.92 Å². The van der Waals surface area contributed by atoms with Crippen molar-refractivity contribution in [1.29, 1.82) is 0 Å². The van der Waals surface area contributed by atoms with Crippen LogP contribution in [0.25, 0.3) is 17.0 Å². The van der Waals surface area contributed by atoms with Crippen LogP contribution in [-0.4, -0.2) is 34.5 Å². The normalized spacial score (nSPS) is 27.9. The lowest BCUT2D eigenvalue weighted by atomic mass is 9.48. The van der Waals surface area contributed by atoms with Gasteiger partial charge in [-0.05, 0) is 73.4 Å². The van der Waals surface area contributed by atoms with Crippen LogP contribution < -0.4 is 0 Å². The summed E-state index contributed by atoms with van der Waals surface area (Å²) in [6, 6.07) is 10.5. The van der Waals surface area contributed by atoms with E-state index in [4.69, 9.17) is 0 Å². The van der Waals surface area contributed by atoms with Gasteiger partial charge in [-0.3, -0.25) is 4.90 Å². The molecule has 6 heteroatoms. The van der Waals surface area contributed by atoms with Crippen LogP contribution in [-0.2, 0) is 16.0 Å². The molecule has 2 bridgehead atoms. The lowest BCUT2D eigenvalue weighted by molar-refractivity contribution is -0.177. The van der Waals surface area contributed by atoms with Crippen molar-refractivity contribution < 1.29 is 18.3 Å². The monoisotopic (exact) mass is 462 g/mol. The van der Waals surface area contributed by atoms with Gasteiger partial charge in [0.2, 0.25) is 0 Å². The molecule has 0 unspecified atom stereocenters. The second kappa shape index (κ2) is 7.77. The molecule has 0 spiro atoms. The maximum Gasteiger partial charge on any atom is 0.330 e. The van der Waals surface area contributed by atoms with Gasteiger partial charge in [-0.25, -0.2) is 13.6 Å². The van der Waals surface area contributed by atoms with E-state index in [-0.39, 0.29) is 17.1 Å². The third-order valence-electron chi connectivity index (χ3n) is 8.24. The Morgan fingerprint density at radius 3 is 2.53 bits per heavy atom. The summed E-state index contributed by atoms with van der Waals surface area (Å²) >= 11 is 0. The van der Waals surface area contributed by atoms with Crippen LogP contribution in [0.4, 0.5) is 8.78 Å². The molecule has 3 fully saturated rings. The number of hydrogen-bond acceptors (Lipinski definition) is 3. The SMILES string of the molecule is CC[C@@H]1Cc2c([nH]c3ccccc23)[C@@H](c2c(F)cc(/C=C/C(=O)OC)cc2F)N1C12CC(C1)C2. The van der Waals surface area contributed by atoms with Gasteiger partial charge in [0, 0.05) is 39.8 Å². The van der Waals surface area contributed by atoms with Crippen LogP contribution in [0, 0.1) is 17.6 Å². The molecule has 3 aromatic rings. The lowest BCUT2D eigenvalue weighted by Crippen LogP contribution is -2.71. The minimum atomic E-state index is -0.590. The number of methoxy groups -OCH3 is 1. The Morgan fingerprint density at radius 1 is 1.21 bits per heavy atom. The molecule has 176 valence electrons. The van der Waals surface area contributed by atoms with Gasteiger partial charge in [0.1, 0.15) is 11.6 Å². The molecule has 1 aliphatic heterocycles.